The maximum Gasteiger partial charge on any atom is 0.344 e. The molecule has 0 saturated heterocycles. The summed E-state index contributed by atoms with van der Waals surface area (Å²) in [4.78, 5) is 30.3. The number of ether oxygens (including phenoxy) is 1. The summed E-state index contributed by atoms with van der Waals surface area (Å²) < 4.78 is 5.15. The Morgan fingerprint density at radius 3 is 2.43 bits per heavy atom. The maximum absolute atomic E-state index is 12.5. The molecule has 0 amide bonds. The average molecular weight is 400 g/mol. The van der Waals surface area contributed by atoms with Crippen molar-refractivity contribution in [3.8, 4) is 11.3 Å². The summed E-state index contributed by atoms with van der Waals surface area (Å²) >= 11 is 0. The summed E-state index contributed by atoms with van der Waals surface area (Å²) in [6.07, 6.45) is 0. The van der Waals surface area contributed by atoms with Gasteiger partial charge in [0.2, 0.25) is 11.9 Å². The van der Waals surface area contributed by atoms with Crippen molar-refractivity contribution in [2.24, 2.45) is 0 Å². The summed E-state index contributed by atoms with van der Waals surface area (Å²) in [6, 6.07) is 17.0. The topological polar surface area (TPSA) is 116 Å². The van der Waals surface area contributed by atoms with Gasteiger partial charge in [0.1, 0.15) is 11.4 Å². The van der Waals surface area contributed by atoms with Crippen LogP contribution in [0, 0.1) is 6.92 Å². The number of rotatable bonds is 5. The Balaban J connectivity index is 1.80. The van der Waals surface area contributed by atoms with Crippen LogP contribution in [0.3, 0.4) is 0 Å². The predicted octanol–water partition coefficient (Wildman–Crippen LogP) is 3.90. The summed E-state index contributed by atoms with van der Waals surface area (Å²) in [5.41, 5.74) is 8.97. The summed E-state index contributed by atoms with van der Waals surface area (Å²) in [5, 5.41) is 3.97. The second kappa shape index (κ2) is 8.12. The van der Waals surface area contributed by atoms with Crippen LogP contribution in [0.5, 0.6) is 0 Å². The molecule has 0 fully saturated rings. The van der Waals surface area contributed by atoms with Crippen molar-refractivity contribution < 1.29 is 9.53 Å². The van der Waals surface area contributed by atoms with E-state index >= 15 is 0 Å². The fraction of sp³-hybridized carbons (Fsp3) is 0.136. The molecular weight excluding hydrogens is 380 g/mol. The molecule has 0 unspecified atom stereocenters. The third-order valence-electron chi connectivity index (χ3n) is 4.48. The number of aromatic nitrogens is 4. The first-order valence-electron chi connectivity index (χ1n) is 9.47. The number of nitrogen functional groups attached to an aromatic ring is 1. The van der Waals surface area contributed by atoms with E-state index in [0.717, 1.165) is 16.6 Å². The highest BCUT2D eigenvalue weighted by Crippen LogP contribution is 2.28. The van der Waals surface area contributed by atoms with E-state index in [9.17, 15) is 4.79 Å². The van der Waals surface area contributed by atoms with Gasteiger partial charge in [0.25, 0.3) is 0 Å². The lowest BCUT2D eigenvalue weighted by molar-refractivity contribution is 0.0528. The molecule has 8 nitrogen and oxygen atoms in total. The van der Waals surface area contributed by atoms with Gasteiger partial charge in [-0.2, -0.15) is 4.98 Å². The first kappa shape index (κ1) is 19.3. The number of anilines is 3. The van der Waals surface area contributed by atoms with Crippen LogP contribution in [-0.4, -0.2) is 32.5 Å². The monoisotopic (exact) mass is 400 g/mol. The van der Waals surface area contributed by atoms with E-state index in [0.29, 0.717) is 17.2 Å². The smallest absolute Gasteiger partial charge is 0.344 e. The Morgan fingerprint density at radius 2 is 1.67 bits per heavy atom. The van der Waals surface area contributed by atoms with Crippen LogP contribution >= 0.6 is 0 Å². The average Bonchev–Trinajstić information content (AvgIpc) is 2.74. The number of hydrogen-bond donors (Lipinski definition) is 2. The van der Waals surface area contributed by atoms with E-state index in [2.05, 4.69) is 25.3 Å². The molecule has 0 bridgehead atoms. The Kier molecular flexibility index (Phi) is 5.21. The number of nitrogens with two attached hydrogens (primary N) is 1. The minimum absolute atomic E-state index is 0.0160. The molecular formula is C22H20N6O2. The van der Waals surface area contributed by atoms with E-state index in [1.54, 1.807) is 6.92 Å². The Labute approximate surface area is 173 Å². The zero-order valence-corrected chi connectivity index (χ0v) is 16.6. The lowest BCUT2D eigenvalue weighted by Gasteiger charge is -2.13. The van der Waals surface area contributed by atoms with Gasteiger partial charge in [-0.05, 0) is 19.9 Å². The molecule has 2 aromatic carbocycles. The molecule has 0 spiro atoms. The Bertz CT molecular complexity index is 1230. The first-order chi connectivity index (χ1) is 14.6. The van der Waals surface area contributed by atoms with E-state index in [1.165, 1.54) is 0 Å². The molecule has 2 heterocycles. The minimum Gasteiger partial charge on any atom is -0.462 e. The highest BCUT2D eigenvalue weighted by molar-refractivity contribution is 6.00. The van der Waals surface area contributed by atoms with E-state index in [1.807, 2.05) is 61.5 Å². The van der Waals surface area contributed by atoms with Gasteiger partial charge in [0.05, 0.1) is 23.5 Å². The molecule has 0 saturated carbocycles. The zero-order valence-electron chi connectivity index (χ0n) is 16.6. The largest absolute Gasteiger partial charge is 0.462 e. The number of nitrogens with one attached hydrogen (secondary N) is 1. The second-order valence-electron chi connectivity index (χ2n) is 6.52. The molecule has 3 N–H and O–H groups in total. The van der Waals surface area contributed by atoms with Crippen molar-refractivity contribution >= 4 is 34.6 Å². The quantitative estimate of drug-likeness (QED) is 0.485. The van der Waals surface area contributed by atoms with Crippen molar-refractivity contribution in [2.45, 2.75) is 13.8 Å². The Hall–Kier alpha value is -4.07. The van der Waals surface area contributed by atoms with Crippen molar-refractivity contribution in [2.75, 3.05) is 17.7 Å². The van der Waals surface area contributed by atoms with Crippen LogP contribution in [-0.2, 0) is 4.74 Å². The standard InChI is InChI=1S/C22H20N6O2/c1-3-30-20(29)17-18(14-9-5-4-6-10-14)26-22(27-19(17)23)28-21-24-13(2)15-11-7-8-12-16(15)25-21/h4-12H,3H2,1-2H3,(H3,23,24,25,26,27,28). The number of carbonyl (C=O) groups excluding carboxylic acids is 1. The molecule has 30 heavy (non-hydrogen) atoms. The molecule has 0 aliphatic heterocycles. The third kappa shape index (κ3) is 3.75. The van der Waals surface area contributed by atoms with Crippen LogP contribution in [0.25, 0.3) is 22.2 Å². The zero-order chi connectivity index (χ0) is 21.1. The molecule has 2 aromatic heterocycles. The fourth-order valence-electron chi connectivity index (χ4n) is 3.13. The molecule has 0 atom stereocenters. The number of benzene rings is 2. The van der Waals surface area contributed by atoms with Crippen LogP contribution in [0.15, 0.2) is 54.6 Å². The van der Waals surface area contributed by atoms with Crippen molar-refractivity contribution in [1.82, 2.24) is 19.9 Å². The number of nitrogens with zero attached hydrogens (tertiary/aromatic N) is 4. The van der Waals surface area contributed by atoms with Crippen LogP contribution < -0.4 is 11.1 Å². The fourth-order valence-corrected chi connectivity index (χ4v) is 3.13. The van der Waals surface area contributed by atoms with E-state index in [-0.39, 0.29) is 23.9 Å². The number of carbonyl (C=O) groups is 1. The maximum atomic E-state index is 12.5. The van der Waals surface area contributed by atoms with E-state index in [4.69, 9.17) is 10.5 Å². The van der Waals surface area contributed by atoms with Gasteiger partial charge in [-0.3, -0.25) is 5.32 Å². The first-order valence-corrected chi connectivity index (χ1v) is 9.47. The predicted molar refractivity (Wildman–Crippen MR) is 115 cm³/mol. The second-order valence-corrected chi connectivity index (χ2v) is 6.52. The summed E-state index contributed by atoms with van der Waals surface area (Å²) in [5.74, 6) is -0.0249. The number of hydrogen-bond acceptors (Lipinski definition) is 8. The lowest BCUT2D eigenvalue weighted by atomic mass is 10.1. The van der Waals surface area contributed by atoms with Gasteiger partial charge >= 0.3 is 5.97 Å². The highest BCUT2D eigenvalue weighted by Gasteiger charge is 2.22. The number of para-hydroxylation sites is 1. The van der Waals surface area contributed by atoms with Crippen molar-refractivity contribution in [1.29, 1.82) is 0 Å². The van der Waals surface area contributed by atoms with Gasteiger partial charge in [-0.1, -0.05) is 48.5 Å². The molecule has 0 aliphatic rings. The van der Waals surface area contributed by atoms with Gasteiger partial charge in [-0.25, -0.2) is 19.7 Å². The van der Waals surface area contributed by atoms with Gasteiger partial charge < -0.3 is 10.5 Å². The lowest BCUT2D eigenvalue weighted by Crippen LogP contribution is -2.14. The molecule has 4 rings (SSSR count). The SMILES string of the molecule is CCOC(=O)c1c(N)nc(Nc2nc(C)c3ccccc3n2)nc1-c1ccccc1. The number of esters is 1. The van der Waals surface area contributed by atoms with Gasteiger partial charge in [-0.15, -0.1) is 0 Å². The van der Waals surface area contributed by atoms with Crippen LogP contribution in [0.2, 0.25) is 0 Å². The normalized spacial score (nSPS) is 10.7. The highest BCUT2D eigenvalue weighted by atomic mass is 16.5. The molecule has 4 aromatic rings. The molecule has 0 radical (unpaired) electrons. The Morgan fingerprint density at radius 1 is 0.967 bits per heavy atom. The van der Waals surface area contributed by atoms with E-state index < -0.39 is 5.97 Å². The minimum atomic E-state index is -0.571. The molecule has 8 heteroatoms. The summed E-state index contributed by atoms with van der Waals surface area (Å²) in [6.45, 7) is 3.85. The van der Waals surface area contributed by atoms with Crippen LogP contribution in [0.4, 0.5) is 17.7 Å². The van der Waals surface area contributed by atoms with Gasteiger partial charge in [0.15, 0.2) is 0 Å². The number of aryl methyl sites for hydroxylation is 1. The van der Waals surface area contributed by atoms with Crippen molar-refractivity contribution in [3.63, 3.8) is 0 Å². The third-order valence-corrected chi connectivity index (χ3v) is 4.48. The molecule has 150 valence electrons. The van der Waals surface area contributed by atoms with Gasteiger partial charge in [0, 0.05) is 10.9 Å². The molecule has 0 aliphatic carbocycles. The van der Waals surface area contributed by atoms with Crippen molar-refractivity contribution in [3.05, 3.63) is 65.9 Å². The summed E-state index contributed by atoms with van der Waals surface area (Å²) in [7, 11) is 0. The number of fused-ring (bicyclic) bond motifs is 1. The van der Waals surface area contributed by atoms with Crippen LogP contribution in [0.1, 0.15) is 23.0 Å².